The third-order valence-corrected chi connectivity index (χ3v) is 4.01. The minimum Gasteiger partial charge on any atom is -0.494 e. The van der Waals surface area contributed by atoms with Crippen molar-refractivity contribution in [2.45, 2.75) is 26.8 Å². The standard InChI is InChI=1S/C20H23NO5/c1-4-25-15-8-10-16(11-9-15)26-12-18(22)21-19(20(23)24)17-7-5-6-13(2)14(17)3/h5-11,19H,4,12H2,1-3H3,(H,21,22)(H,23,24). The minimum atomic E-state index is -1.12. The molecule has 0 aliphatic rings. The summed E-state index contributed by atoms with van der Waals surface area (Å²) in [4.78, 5) is 23.7. The van der Waals surface area contributed by atoms with Crippen LogP contribution in [0.1, 0.15) is 29.7 Å². The Morgan fingerprint density at radius 3 is 2.23 bits per heavy atom. The van der Waals surface area contributed by atoms with Crippen molar-refractivity contribution in [3.05, 3.63) is 59.2 Å². The molecule has 2 rings (SSSR count). The first-order chi connectivity index (χ1) is 12.4. The van der Waals surface area contributed by atoms with Crippen LogP contribution < -0.4 is 14.8 Å². The van der Waals surface area contributed by atoms with Gasteiger partial charge < -0.3 is 19.9 Å². The molecule has 6 heteroatoms. The van der Waals surface area contributed by atoms with Gasteiger partial charge >= 0.3 is 5.97 Å². The first-order valence-electron chi connectivity index (χ1n) is 8.36. The first-order valence-corrected chi connectivity index (χ1v) is 8.36. The molecular weight excluding hydrogens is 334 g/mol. The second-order valence-electron chi connectivity index (χ2n) is 5.82. The second-order valence-corrected chi connectivity index (χ2v) is 5.82. The van der Waals surface area contributed by atoms with E-state index in [0.29, 0.717) is 23.7 Å². The van der Waals surface area contributed by atoms with Crippen molar-refractivity contribution in [1.82, 2.24) is 5.32 Å². The van der Waals surface area contributed by atoms with Crippen LogP contribution in [0.25, 0.3) is 0 Å². The Labute approximate surface area is 152 Å². The predicted molar refractivity (Wildman–Crippen MR) is 97.5 cm³/mol. The molecule has 0 bridgehead atoms. The van der Waals surface area contributed by atoms with Gasteiger partial charge in [-0.1, -0.05) is 18.2 Å². The minimum absolute atomic E-state index is 0.275. The fourth-order valence-corrected chi connectivity index (χ4v) is 2.51. The lowest BCUT2D eigenvalue weighted by molar-refractivity contribution is -0.142. The molecule has 0 aliphatic carbocycles. The molecule has 0 heterocycles. The molecule has 0 radical (unpaired) electrons. The van der Waals surface area contributed by atoms with Crippen LogP contribution >= 0.6 is 0 Å². The van der Waals surface area contributed by atoms with E-state index in [4.69, 9.17) is 9.47 Å². The maximum absolute atomic E-state index is 12.1. The molecule has 1 amide bonds. The number of carbonyl (C=O) groups is 2. The molecule has 0 spiro atoms. The maximum Gasteiger partial charge on any atom is 0.330 e. The van der Waals surface area contributed by atoms with E-state index in [1.54, 1.807) is 36.4 Å². The molecule has 26 heavy (non-hydrogen) atoms. The van der Waals surface area contributed by atoms with Crippen LogP contribution in [0.2, 0.25) is 0 Å². The molecule has 0 aliphatic heterocycles. The molecule has 2 aromatic carbocycles. The van der Waals surface area contributed by atoms with Gasteiger partial charge in [-0.25, -0.2) is 4.79 Å². The Bertz CT molecular complexity index is 770. The fraction of sp³-hybridized carbons (Fsp3) is 0.300. The van der Waals surface area contributed by atoms with Gasteiger partial charge in [-0.3, -0.25) is 4.79 Å². The summed E-state index contributed by atoms with van der Waals surface area (Å²) in [6.07, 6.45) is 0. The maximum atomic E-state index is 12.1. The van der Waals surface area contributed by atoms with Crippen LogP contribution in [0.4, 0.5) is 0 Å². The van der Waals surface area contributed by atoms with Crippen LogP contribution in [-0.2, 0) is 9.59 Å². The highest BCUT2D eigenvalue weighted by molar-refractivity contribution is 5.85. The number of carboxylic acid groups (broad SMARTS) is 1. The highest BCUT2D eigenvalue weighted by Gasteiger charge is 2.24. The monoisotopic (exact) mass is 357 g/mol. The largest absolute Gasteiger partial charge is 0.494 e. The topological polar surface area (TPSA) is 84.9 Å². The van der Waals surface area contributed by atoms with E-state index in [-0.39, 0.29) is 6.61 Å². The zero-order valence-electron chi connectivity index (χ0n) is 15.1. The van der Waals surface area contributed by atoms with Crippen molar-refractivity contribution in [3.8, 4) is 11.5 Å². The van der Waals surface area contributed by atoms with Crippen molar-refractivity contribution < 1.29 is 24.2 Å². The zero-order chi connectivity index (χ0) is 19.1. The van der Waals surface area contributed by atoms with Crippen LogP contribution in [-0.4, -0.2) is 30.2 Å². The number of carbonyl (C=O) groups excluding carboxylic acids is 1. The van der Waals surface area contributed by atoms with E-state index >= 15 is 0 Å². The van der Waals surface area contributed by atoms with Crippen molar-refractivity contribution in [2.24, 2.45) is 0 Å². The normalized spacial score (nSPS) is 11.5. The summed E-state index contributed by atoms with van der Waals surface area (Å²) in [5.41, 5.74) is 2.37. The third kappa shape index (κ3) is 4.99. The molecule has 0 saturated heterocycles. The van der Waals surface area contributed by atoms with Crippen molar-refractivity contribution >= 4 is 11.9 Å². The molecule has 1 unspecified atom stereocenters. The fourth-order valence-electron chi connectivity index (χ4n) is 2.51. The summed E-state index contributed by atoms with van der Waals surface area (Å²) in [6, 6.07) is 11.1. The average molecular weight is 357 g/mol. The highest BCUT2D eigenvalue weighted by Crippen LogP contribution is 2.21. The quantitative estimate of drug-likeness (QED) is 0.759. The summed E-state index contributed by atoms with van der Waals surface area (Å²) < 4.78 is 10.7. The number of ether oxygens (including phenoxy) is 2. The number of carboxylic acids is 1. The van der Waals surface area contributed by atoms with Gasteiger partial charge in [-0.2, -0.15) is 0 Å². The molecule has 0 fully saturated rings. The van der Waals surface area contributed by atoms with Gasteiger partial charge in [-0.05, 0) is 61.7 Å². The average Bonchev–Trinajstić information content (AvgIpc) is 2.62. The second kappa shape index (κ2) is 8.89. The number of nitrogens with one attached hydrogen (secondary N) is 1. The predicted octanol–water partition coefficient (Wildman–Crippen LogP) is 3.02. The van der Waals surface area contributed by atoms with Gasteiger partial charge in [0.1, 0.15) is 11.5 Å². The summed E-state index contributed by atoms with van der Waals surface area (Å²) in [5, 5.41) is 12.0. The van der Waals surface area contributed by atoms with Gasteiger partial charge in [0.05, 0.1) is 6.61 Å². The number of aryl methyl sites for hydroxylation is 1. The van der Waals surface area contributed by atoms with E-state index in [2.05, 4.69) is 5.32 Å². The number of aliphatic carboxylic acids is 1. The van der Waals surface area contributed by atoms with E-state index in [9.17, 15) is 14.7 Å². The summed E-state index contributed by atoms with van der Waals surface area (Å²) in [7, 11) is 0. The van der Waals surface area contributed by atoms with Crippen molar-refractivity contribution in [3.63, 3.8) is 0 Å². The number of hydrogen-bond donors (Lipinski definition) is 2. The molecule has 6 nitrogen and oxygen atoms in total. The number of amides is 1. The lowest BCUT2D eigenvalue weighted by atomic mass is 9.97. The van der Waals surface area contributed by atoms with Crippen LogP contribution in [0.3, 0.4) is 0 Å². The Morgan fingerprint density at radius 1 is 1.04 bits per heavy atom. The highest BCUT2D eigenvalue weighted by atomic mass is 16.5. The van der Waals surface area contributed by atoms with Gasteiger partial charge in [0.15, 0.2) is 12.6 Å². The summed E-state index contributed by atoms with van der Waals surface area (Å²) in [5.74, 6) is -0.410. The van der Waals surface area contributed by atoms with E-state index < -0.39 is 17.9 Å². The van der Waals surface area contributed by atoms with Gasteiger partial charge in [0.2, 0.25) is 0 Å². The first kappa shape index (κ1) is 19.3. The Morgan fingerprint density at radius 2 is 1.65 bits per heavy atom. The lowest BCUT2D eigenvalue weighted by Crippen LogP contribution is -2.37. The number of hydrogen-bond acceptors (Lipinski definition) is 4. The van der Waals surface area contributed by atoms with Crippen LogP contribution in [0, 0.1) is 13.8 Å². The SMILES string of the molecule is CCOc1ccc(OCC(=O)NC(C(=O)O)c2cccc(C)c2C)cc1. The van der Waals surface area contributed by atoms with Crippen molar-refractivity contribution in [1.29, 1.82) is 0 Å². The van der Waals surface area contributed by atoms with Gasteiger partial charge in [-0.15, -0.1) is 0 Å². The van der Waals surface area contributed by atoms with Gasteiger partial charge in [0.25, 0.3) is 5.91 Å². The summed E-state index contributed by atoms with van der Waals surface area (Å²) in [6.45, 7) is 5.92. The van der Waals surface area contributed by atoms with Crippen LogP contribution in [0.15, 0.2) is 42.5 Å². The molecular formula is C20H23NO5. The summed E-state index contributed by atoms with van der Waals surface area (Å²) >= 11 is 0. The van der Waals surface area contributed by atoms with E-state index in [0.717, 1.165) is 11.1 Å². The molecule has 138 valence electrons. The molecule has 2 aromatic rings. The van der Waals surface area contributed by atoms with Crippen LogP contribution in [0.5, 0.6) is 11.5 Å². The van der Waals surface area contributed by atoms with Crippen molar-refractivity contribution in [2.75, 3.05) is 13.2 Å². The van der Waals surface area contributed by atoms with E-state index in [1.165, 1.54) is 0 Å². The molecule has 0 saturated carbocycles. The Hall–Kier alpha value is -3.02. The van der Waals surface area contributed by atoms with Gasteiger partial charge in [0, 0.05) is 0 Å². The third-order valence-electron chi connectivity index (χ3n) is 4.01. The Kier molecular flexibility index (Phi) is 6.60. The lowest BCUT2D eigenvalue weighted by Gasteiger charge is -2.18. The molecule has 0 aromatic heterocycles. The van der Waals surface area contributed by atoms with E-state index in [1.807, 2.05) is 26.8 Å². The molecule has 1 atom stereocenters. The Balaban J connectivity index is 1.99. The number of rotatable bonds is 8. The number of benzene rings is 2. The smallest absolute Gasteiger partial charge is 0.330 e. The zero-order valence-corrected chi connectivity index (χ0v) is 15.1. The molecule has 2 N–H and O–H groups in total.